The fourth-order valence-electron chi connectivity index (χ4n) is 6.44. The Morgan fingerprint density at radius 2 is 1.92 bits per heavy atom. The van der Waals surface area contributed by atoms with E-state index in [0.29, 0.717) is 78.9 Å². The van der Waals surface area contributed by atoms with E-state index >= 15 is 0 Å². The van der Waals surface area contributed by atoms with E-state index in [4.69, 9.17) is 16.5 Å². The van der Waals surface area contributed by atoms with Crippen LogP contribution in [-0.2, 0) is 23.1 Å². The average molecular weight is 670 g/mol. The Bertz CT molecular complexity index is 2050. The maximum absolute atomic E-state index is 13.0. The number of nitrogens with zero attached hydrogens (tertiary/aromatic N) is 7. The number of likely N-dealkylation sites (tertiary alicyclic amines) is 1. The summed E-state index contributed by atoms with van der Waals surface area (Å²) in [6.07, 6.45) is 10.9. The van der Waals surface area contributed by atoms with Crippen molar-refractivity contribution in [3.05, 3.63) is 64.1 Å². The summed E-state index contributed by atoms with van der Waals surface area (Å²) in [5.74, 6) is -0.775. The van der Waals surface area contributed by atoms with Crippen LogP contribution in [0, 0.1) is 0 Å². The van der Waals surface area contributed by atoms with E-state index in [2.05, 4.69) is 20.7 Å². The highest BCUT2D eigenvalue weighted by molar-refractivity contribution is 6.12. The molecule has 256 valence electrons. The van der Waals surface area contributed by atoms with E-state index in [0.717, 1.165) is 30.3 Å². The monoisotopic (exact) mass is 669 g/mol. The molecule has 2 fully saturated rings. The molecule has 6 N–H and O–H groups in total. The molecule has 1 unspecified atom stereocenters. The normalized spacial score (nSPS) is 17.7. The van der Waals surface area contributed by atoms with Gasteiger partial charge >= 0.3 is 11.7 Å². The number of aliphatic imine (C=N–C) groups is 1. The Balaban J connectivity index is 0.951. The average Bonchev–Trinajstić information content (AvgIpc) is 3.64. The van der Waals surface area contributed by atoms with E-state index in [1.54, 1.807) is 18.2 Å². The highest BCUT2D eigenvalue weighted by Crippen LogP contribution is 2.25. The van der Waals surface area contributed by atoms with Gasteiger partial charge in [0.25, 0.3) is 0 Å². The number of fused-ring (bicyclic) bond motifs is 2. The number of nitrogens with one attached hydrogen (secondary N) is 2. The number of benzene rings is 1. The number of carbonyl (C=O) groups is 4. The summed E-state index contributed by atoms with van der Waals surface area (Å²) in [6.45, 7) is 1.69. The molecule has 1 atom stereocenters. The molecular weight excluding hydrogens is 630 g/mol. The molecule has 6 rings (SSSR count). The lowest BCUT2D eigenvalue weighted by Gasteiger charge is -2.30. The van der Waals surface area contributed by atoms with Gasteiger partial charge in [-0.15, -0.1) is 0 Å². The number of allylic oxidation sites excluding steroid dienone is 1. The van der Waals surface area contributed by atoms with Crippen LogP contribution < -0.4 is 27.8 Å². The molecule has 2 saturated heterocycles. The molecule has 0 spiro atoms. The molecule has 1 aromatic carbocycles. The Morgan fingerprint density at radius 3 is 2.65 bits per heavy atom. The Kier molecular flexibility index (Phi) is 9.55. The number of hydrogen-bond acceptors (Lipinski definition) is 10. The number of unbranched alkanes of at least 4 members (excludes halogenated alkanes) is 1. The lowest BCUT2D eigenvalue weighted by Crippen LogP contribution is -2.45. The Morgan fingerprint density at radius 1 is 1.12 bits per heavy atom. The van der Waals surface area contributed by atoms with Crippen molar-refractivity contribution in [1.29, 1.82) is 0 Å². The molecule has 5 heterocycles. The van der Waals surface area contributed by atoms with Crippen LogP contribution in [0.25, 0.3) is 22.3 Å². The number of imidazole rings is 2. The zero-order valence-electron chi connectivity index (χ0n) is 27.2. The zero-order valence-corrected chi connectivity index (χ0v) is 27.2. The summed E-state index contributed by atoms with van der Waals surface area (Å²) in [5, 5.41) is 9.60. The minimum atomic E-state index is -0.712. The second-order valence-corrected chi connectivity index (χ2v) is 12.3. The van der Waals surface area contributed by atoms with Crippen LogP contribution in [0.1, 0.15) is 66.2 Å². The zero-order chi connectivity index (χ0) is 34.7. The minimum Gasteiger partial charge on any atom is -0.404 e. The van der Waals surface area contributed by atoms with Crippen molar-refractivity contribution < 1.29 is 19.2 Å². The molecule has 49 heavy (non-hydrogen) atoms. The molecule has 2 aliphatic rings. The van der Waals surface area contributed by atoms with Crippen molar-refractivity contribution in [3.8, 4) is 0 Å². The molecule has 0 bridgehead atoms. The van der Waals surface area contributed by atoms with Gasteiger partial charge in [0.1, 0.15) is 11.7 Å². The standard InChI is InChI=1S/C33H39N11O5/c1-41-27-14-20(5-6-25(27)43(33(41)49)26-7-8-28(46)40-31(26)47)4-2-3-11-36-32(48)42-12-9-22(10-13-42)37-16-21(15-34)24-18-39-44-23(19-45)17-38-30(44)29(24)35/h5-6,14-19,22,26H,2-4,7-13,34-35H2,1H3,(H,36,48)(H,40,46,47)/b21-15+,37-16?. The largest absolute Gasteiger partial charge is 0.404 e. The summed E-state index contributed by atoms with van der Waals surface area (Å²) in [5.41, 5.74) is 16.5. The van der Waals surface area contributed by atoms with Gasteiger partial charge in [-0.25, -0.2) is 19.1 Å². The minimum absolute atomic E-state index is 0.0165. The van der Waals surface area contributed by atoms with Crippen LogP contribution in [0.5, 0.6) is 0 Å². The van der Waals surface area contributed by atoms with E-state index in [1.165, 1.54) is 32.2 Å². The summed E-state index contributed by atoms with van der Waals surface area (Å²) >= 11 is 0. The van der Waals surface area contributed by atoms with Crippen molar-refractivity contribution in [2.24, 2.45) is 17.8 Å². The third-order valence-electron chi connectivity index (χ3n) is 9.23. The number of hydrogen-bond donors (Lipinski definition) is 4. The Hall–Kier alpha value is -5.80. The van der Waals surface area contributed by atoms with Gasteiger partial charge in [-0.3, -0.25) is 33.8 Å². The van der Waals surface area contributed by atoms with Crippen LogP contribution in [0.3, 0.4) is 0 Å². The number of piperidine rings is 2. The van der Waals surface area contributed by atoms with Gasteiger partial charge in [-0.1, -0.05) is 6.07 Å². The number of rotatable bonds is 10. The number of aldehydes is 1. The molecule has 16 nitrogen and oxygen atoms in total. The number of aromatic nitrogens is 5. The highest BCUT2D eigenvalue weighted by Gasteiger charge is 2.31. The van der Waals surface area contributed by atoms with E-state index < -0.39 is 11.9 Å². The number of nitrogens with two attached hydrogens (primary N) is 2. The number of anilines is 1. The Labute approximate surface area is 280 Å². The lowest BCUT2D eigenvalue weighted by molar-refractivity contribution is -0.135. The van der Waals surface area contributed by atoms with Crippen LogP contribution in [-0.4, -0.2) is 84.7 Å². The highest BCUT2D eigenvalue weighted by atomic mass is 16.2. The number of nitrogen functional groups attached to an aromatic ring is 1. The number of aryl methyl sites for hydroxylation is 2. The van der Waals surface area contributed by atoms with E-state index in [9.17, 15) is 24.0 Å². The molecule has 3 aromatic heterocycles. The van der Waals surface area contributed by atoms with E-state index in [-0.39, 0.29) is 30.1 Å². The van der Waals surface area contributed by atoms with Gasteiger partial charge in [0.05, 0.1) is 35.2 Å². The van der Waals surface area contributed by atoms with Crippen molar-refractivity contribution in [2.45, 2.75) is 57.0 Å². The number of imide groups is 1. The van der Waals surface area contributed by atoms with Gasteiger partial charge < -0.3 is 21.7 Å². The van der Waals surface area contributed by atoms with E-state index in [1.807, 2.05) is 18.2 Å². The second kappa shape index (κ2) is 14.1. The predicted molar refractivity (Wildman–Crippen MR) is 183 cm³/mol. The molecule has 0 saturated carbocycles. The summed E-state index contributed by atoms with van der Waals surface area (Å²) in [7, 11) is 1.68. The van der Waals surface area contributed by atoms with Gasteiger partial charge in [-0.2, -0.15) is 5.10 Å². The van der Waals surface area contributed by atoms with Crippen molar-refractivity contribution >= 4 is 58.3 Å². The smallest absolute Gasteiger partial charge is 0.329 e. The van der Waals surface area contributed by atoms with Gasteiger partial charge in [0, 0.05) is 56.7 Å². The first-order valence-corrected chi connectivity index (χ1v) is 16.3. The first-order chi connectivity index (χ1) is 23.7. The summed E-state index contributed by atoms with van der Waals surface area (Å²) in [4.78, 5) is 71.7. The van der Waals surface area contributed by atoms with Gasteiger partial charge in [0.2, 0.25) is 11.8 Å². The predicted octanol–water partition coefficient (Wildman–Crippen LogP) is 1.32. The van der Waals surface area contributed by atoms with Crippen molar-refractivity contribution in [1.82, 2.24) is 39.3 Å². The first-order valence-electron chi connectivity index (χ1n) is 16.3. The van der Waals surface area contributed by atoms with Crippen LogP contribution >= 0.6 is 0 Å². The fraction of sp³-hybridized carbons (Fsp3) is 0.394. The molecule has 2 aliphatic heterocycles. The lowest BCUT2D eigenvalue weighted by atomic mass is 10.0. The summed E-state index contributed by atoms with van der Waals surface area (Å²) in [6, 6.07) is 4.98. The maximum Gasteiger partial charge on any atom is 0.329 e. The molecule has 0 aliphatic carbocycles. The van der Waals surface area contributed by atoms with Gasteiger partial charge in [-0.05, 0) is 56.2 Å². The van der Waals surface area contributed by atoms with Crippen LogP contribution in [0.15, 0.2) is 46.6 Å². The third kappa shape index (κ3) is 6.66. The van der Waals surface area contributed by atoms with Crippen molar-refractivity contribution in [3.63, 3.8) is 0 Å². The van der Waals surface area contributed by atoms with Crippen LogP contribution in [0.4, 0.5) is 10.5 Å². The fourth-order valence-corrected chi connectivity index (χ4v) is 6.44. The maximum atomic E-state index is 13.0. The topological polar surface area (TPSA) is 217 Å². The number of amides is 4. The number of urea groups is 1. The molecule has 4 amide bonds. The third-order valence-corrected chi connectivity index (χ3v) is 9.23. The molecule has 16 heteroatoms. The molecule has 0 radical (unpaired) electrons. The van der Waals surface area contributed by atoms with Crippen molar-refractivity contribution in [2.75, 3.05) is 25.4 Å². The number of carbonyl (C=O) groups excluding carboxylic acids is 4. The SMILES string of the molecule is Cn1c(=O)n(C2CCC(=O)NC2=O)c2ccc(CCCCNC(=O)N3CCC(N=C/C(=C\N)c4cnn5c(C=O)cnc5c4N)CC3)cc21. The molecule has 4 aromatic rings. The quantitative estimate of drug-likeness (QED) is 0.0827. The summed E-state index contributed by atoms with van der Waals surface area (Å²) < 4.78 is 4.38. The second-order valence-electron chi connectivity index (χ2n) is 12.3. The van der Waals surface area contributed by atoms with Gasteiger partial charge in [0.15, 0.2) is 11.9 Å². The molecular formula is C33H39N11O5. The first kappa shape index (κ1) is 33.1. The van der Waals surface area contributed by atoms with Crippen LogP contribution in [0.2, 0.25) is 0 Å².